The van der Waals surface area contributed by atoms with Crippen LogP contribution in [-0.2, 0) is 12.8 Å². The molecule has 2 nitrogen and oxygen atoms in total. The summed E-state index contributed by atoms with van der Waals surface area (Å²) in [5.74, 6) is 1.13. The summed E-state index contributed by atoms with van der Waals surface area (Å²) in [5, 5.41) is 3.52. The van der Waals surface area contributed by atoms with Crippen molar-refractivity contribution in [1.82, 2.24) is 5.32 Å². The highest BCUT2D eigenvalue weighted by Crippen LogP contribution is 2.33. The summed E-state index contributed by atoms with van der Waals surface area (Å²) in [6.45, 7) is 8.48. The molecule has 0 spiro atoms. The second-order valence-corrected chi connectivity index (χ2v) is 6.85. The molecule has 0 aromatic heterocycles. The smallest absolute Gasteiger partial charge is 0.125 e. The number of halogens is 1. The predicted octanol–water partition coefficient (Wildman–Crippen LogP) is 3.70. The molecule has 1 N–H and O–H groups in total. The number of hydrogen-bond donors (Lipinski definition) is 1. The Kier molecular flexibility index (Phi) is 4.33. The molecule has 1 heterocycles. The number of ether oxygens (including phenoxy) is 1. The van der Waals surface area contributed by atoms with Crippen molar-refractivity contribution in [2.24, 2.45) is 0 Å². The predicted molar refractivity (Wildman–Crippen MR) is 79.4 cm³/mol. The van der Waals surface area contributed by atoms with E-state index in [9.17, 15) is 0 Å². The quantitative estimate of drug-likeness (QED) is 0.856. The van der Waals surface area contributed by atoms with Crippen molar-refractivity contribution in [3.63, 3.8) is 0 Å². The number of hydrogen-bond acceptors (Lipinski definition) is 2. The fraction of sp³-hybridized carbons (Fsp3) is 0.600. The van der Waals surface area contributed by atoms with E-state index < -0.39 is 0 Å². The van der Waals surface area contributed by atoms with Gasteiger partial charge in [0.15, 0.2) is 0 Å². The van der Waals surface area contributed by atoms with Crippen LogP contribution in [0.25, 0.3) is 0 Å². The van der Waals surface area contributed by atoms with Crippen molar-refractivity contribution in [1.29, 1.82) is 0 Å². The van der Waals surface area contributed by atoms with Gasteiger partial charge in [-0.25, -0.2) is 0 Å². The summed E-state index contributed by atoms with van der Waals surface area (Å²) < 4.78 is 6.91. The van der Waals surface area contributed by atoms with Crippen LogP contribution in [-0.4, -0.2) is 18.7 Å². The average molecular weight is 312 g/mol. The maximum absolute atomic E-state index is 5.74. The Hall–Kier alpha value is -0.540. The van der Waals surface area contributed by atoms with Crippen LogP contribution in [0.15, 0.2) is 16.6 Å². The number of fused-ring (bicyclic) bond motifs is 1. The Balaban J connectivity index is 1.94. The van der Waals surface area contributed by atoms with E-state index in [1.165, 1.54) is 15.6 Å². The zero-order chi connectivity index (χ0) is 13.2. The lowest BCUT2D eigenvalue weighted by Crippen LogP contribution is -2.36. The van der Waals surface area contributed by atoms with E-state index in [1.807, 2.05) is 0 Å². The molecule has 0 aliphatic carbocycles. The highest BCUT2D eigenvalue weighted by molar-refractivity contribution is 9.10. The normalized spacial score (nSPS) is 14.4. The second-order valence-electron chi connectivity index (χ2n) is 5.93. The third-order valence-corrected chi connectivity index (χ3v) is 3.56. The number of aryl methyl sites for hydroxylation is 1. The lowest BCUT2D eigenvalue weighted by Gasteiger charge is -2.20. The van der Waals surface area contributed by atoms with E-state index in [4.69, 9.17) is 4.74 Å². The van der Waals surface area contributed by atoms with Crippen molar-refractivity contribution in [2.45, 2.75) is 45.6 Å². The minimum atomic E-state index is 0.204. The van der Waals surface area contributed by atoms with Gasteiger partial charge in [0.1, 0.15) is 5.75 Å². The Bertz CT molecular complexity index is 423. The van der Waals surface area contributed by atoms with E-state index >= 15 is 0 Å². The first kappa shape index (κ1) is 13.9. The van der Waals surface area contributed by atoms with Crippen molar-refractivity contribution >= 4 is 15.9 Å². The fourth-order valence-electron chi connectivity index (χ4n) is 2.27. The largest absolute Gasteiger partial charge is 0.493 e. The molecule has 0 unspecified atom stereocenters. The zero-order valence-electron chi connectivity index (χ0n) is 11.5. The molecule has 1 aromatic carbocycles. The molecule has 1 aromatic rings. The highest BCUT2D eigenvalue weighted by atomic mass is 79.9. The van der Waals surface area contributed by atoms with Gasteiger partial charge in [-0.3, -0.25) is 0 Å². The first-order valence-corrected chi connectivity index (χ1v) is 7.44. The van der Waals surface area contributed by atoms with Gasteiger partial charge in [0.2, 0.25) is 0 Å². The number of nitrogens with one attached hydrogen (secondary N) is 1. The van der Waals surface area contributed by atoms with E-state index in [1.54, 1.807) is 0 Å². The van der Waals surface area contributed by atoms with Gasteiger partial charge in [0, 0.05) is 16.4 Å². The molecule has 3 heteroatoms. The second kappa shape index (κ2) is 5.62. The number of benzene rings is 1. The van der Waals surface area contributed by atoms with Gasteiger partial charge in [-0.2, -0.15) is 0 Å². The lowest BCUT2D eigenvalue weighted by molar-refractivity contribution is 0.352. The molecule has 0 radical (unpaired) electrons. The Morgan fingerprint density at radius 2 is 2.11 bits per heavy atom. The van der Waals surface area contributed by atoms with Crippen LogP contribution in [0.3, 0.4) is 0 Å². The third kappa shape index (κ3) is 3.72. The molecule has 18 heavy (non-hydrogen) atoms. The minimum absolute atomic E-state index is 0.204. The summed E-state index contributed by atoms with van der Waals surface area (Å²) in [6.07, 6.45) is 3.26. The van der Waals surface area contributed by atoms with Crippen LogP contribution in [0, 0.1) is 0 Å². The molecular formula is C15H22BrNO. The molecule has 1 aliphatic heterocycles. The highest BCUT2D eigenvalue weighted by Gasteiger charge is 2.17. The van der Waals surface area contributed by atoms with Gasteiger partial charge in [-0.1, -0.05) is 15.9 Å². The van der Waals surface area contributed by atoms with Crippen molar-refractivity contribution in [2.75, 3.05) is 13.2 Å². The van der Waals surface area contributed by atoms with Crippen molar-refractivity contribution in [3.05, 3.63) is 27.7 Å². The zero-order valence-corrected chi connectivity index (χ0v) is 13.1. The van der Waals surface area contributed by atoms with Crippen LogP contribution in [0.4, 0.5) is 0 Å². The van der Waals surface area contributed by atoms with Crippen molar-refractivity contribution in [3.8, 4) is 5.75 Å². The summed E-state index contributed by atoms with van der Waals surface area (Å²) in [4.78, 5) is 0. The first-order valence-electron chi connectivity index (χ1n) is 6.65. The first-order chi connectivity index (χ1) is 8.46. The van der Waals surface area contributed by atoms with Crippen molar-refractivity contribution < 1.29 is 4.74 Å². The van der Waals surface area contributed by atoms with E-state index in [2.05, 4.69) is 54.2 Å². The Morgan fingerprint density at radius 3 is 2.83 bits per heavy atom. The minimum Gasteiger partial charge on any atom is -0.493 e. The standard InChI is InChI=1S/C15H22BrNO/c1-15(2,3)17-7-4-5-11-9-13(16)10-12-6-8-18-14(11)12/h9-10,17H,4-8H2,1-3H3. The van der Waals surface area contributed by atoms with Crippen LogP contribution < -0.4 is 10.1 Å². The summed E-state index contributed by atoms with van der Waals surface area (Å²) in [7, 11) is 0. The molecular weight excluding hydrogens is 290 g/mol. The Morgan fingerprint density at radius 1 is 1.33 bits per heavy atom. The van der Waals surface area contributed by atoms with Gasteiger partial charge >= 0.3 is 0 Å². The Labute approximate surface area is 118 Å². The molecule has 0 bridgehead atoms. The molecule has 0 amide bonds. The molecule has 0 fully saturated rings. The van der Waals surface area contributed by atoms with Gasteiger partial charge in [-0.15, -0.1) is 0 Å². The lowest BCUT2D eigenvalue weighted by atomic mass is 10.0. The van der Waals surface area contributed by atoms with Gasteiger partial charge in [0.25, 0.3) is 0 Å². The summed E-state index contributed by atoms with van der Waals surface area (Å²) in [5.41, 5.74) is 2.89. The summed E-state index contributed by atoms with van der Waals surface area (Å²) >= 11 is 3.59. The van der Waals surface area contributed by atoms with Crippen LogP contribution >= 0.6 is 15.9 Å². The molecule has 2 rings (SSSR count). The molecule has 0 atom stereocenters. The van der Waals surface area contributed by atoms with Crippen LogP contribution in [0.1, 0.15) is 38.3 Å². The molecule has 1 aliphatic rings. The van der Waals surface area contributed by atoms with E-state index in [0.29, 0.717) is 0 Å². The SMILES string of the molecule is CC(C)(C)NCCCc1cc(Br)cc2c1OCC2. The van der Waals surface area contributed by atoms with Gasteiger partial charge in [0.05, 0.1) is 6.61 Å². The van der Waals surface area contributed by atoms with Gasteiger partial charge in [-0.05, 0) is 63.4 Å². The maximum Gasteiger partial charge on any atom is 0.125 e. The average Bonchev–Trinajstić information content (AvgIpc) is 2.70. The maximum atomic E-state index is 5.74. The van der Waals surface area contributed by atoms with Crippen LogP contribution in [0.5, 0.6) is 5.75 Å². The monoisotopic (exact) mass is 311 g/mol. The third-order valence-electron chi connectivity index (χ3n) is 3.10. The number of rotatable bonds is 4. The topological polar surface area (TPSA) is 21.3 Å². The van der Waals surface area contributed by atoms with Crippen LogP contribution in [0.2, 0.25) is 0 Å². The van der Waals surface area contributed by atoms with E-state index in [0.717, 1.165) is 38.2 Å². The van der Waals surface area contributed by atoms with Gasteiger partial charge < -0.3 is 10.1 Å². The summed E-state index contributed by atoms with van der Waals surface area (Å²) in [6, 6.07) is 4.38. The molecule has 0 saturated carbocycles. The fourth-order valence-corrected chi connectivity index (χ4v) is 2.83. The molecule has 100 valence electrons. The molecule has 0 saturated heterocycles. The van der Waals surface area contributed by atoms with E-state index in [-0.39, 0.29) is 5.54 Å².